The number of hydrogen-bond acceptors (Lipinski definition) is 6. The first kappa shape index (κ1) is 20.0. The summed E-state index contributed by atoms with van der Waals surface area (Å²) in [6.07, 6.45) is 1.74. The third-order valence-electron chi connectivity index (χ3n) is 5.03. The summed E-state index contributed by atoms with van der Waals surface area (Å²) in [4.78, 5) is 34.1. The van der Waals surface area contributed by atoms with Crippen molar-refractivity contribution in [2.75, 3.05) is 38.0 Å². The Morgan fingerprint density at radius 3 is 2.72 bits per heavy atom. The van der Waals surface area contributed by atoms with Crippen molar-refractivity contribution in [2.24, 2.45) is 0 Å². The number of aromatic nitrogens is 2. The molecule has 0 atom stereocenters. The average Bonchev–Trinajstić information content (AvgIpc) is 3.15. The number of halogens is 1. The second-order valence-electron chi connectivity index (χ2n) is 7.21. The third kappa shape index (κ3) is 4.84. The van der Waals surface area contributed by atoms with Gasteiger partial charge in [0.25, 0.3) is 5.56 Å². The molecular formula is C20H22ClN5O2S. The highest BCUT2D eigenvalue weighted by Gasteiger charge is 2.20. The second-order valence-corrected chi connectivity index (χ2v) is 8.49. The molecule has 0 unspecified atom stereocenters. The Morgan fingerprint density at radius 1 is 1.21 bits per heavy atom. The number of amides is 1. The molecule has 152 valence electrons. The minimum Gasteiger partial charge on any atom is -0.325 e. The van der Waals surface area contributed by atoms with Gasteiger partial charge in [0.1, 0.15) is 0 Å². The van der Waals surface area contributed by atoms with Crippen LogP contribution in [-0.4, -0.2) is 57.8 Å². The first-order chi connectivity index (χ1) is 14.0. The van der Waals surface area contributed by atoms with Crippen molar-refractivity contribution in [2.45, 2.75) is 13.5 Å². The van der Waals surface area contributed by atoms with Crippen LogP contribution < -0.4 is 10.9 Å². The summed E-state index contributed by atoms with van der Waals surface area (Å²) in [6, 6.07) is 7.13. The zero-order chi connectivity index (χ0) is 20.4. The largest absolute Gasteiger partial charge is 0.325 e. The predicted molar refractivity (Wildman–Crippen MR) is 116 cm³/mol. The Labute approximate surface area is 177 Å². The van der Waals surface area contributed by atoms with E-state index in [4.69, 9.17) is 11.6 Å². The van der Waals surface area contributed by atoms with Gasteiger partial charge in [-0.2, -0.15) is 0 Å². The topological polar surface area (TPSA) is 70.0 Å². The minimum absolute atomic E-state index is 0.0437. The molecule has 3 heterocycles. The van der Waals surface area contributed by atoms with Gasteiger partial charge >= 0.3 is 0 Å². The highest BCUT2D eigenvalue weighted by Crippen LogP contribution is 2.20. The van der Waals surface area contributed by atoms with Crippen molar-refractivity contribution in [3.63, 3.8) is 0 Å². The molecule has 3 aromatic rings. The van der Waals surface area contributed by atoms with Gasteiger partial charge in [-0.1, -0.05) is 17.7 Å². The van der Waals surface area contributed by atoms with Crippen LogP contribution in [0, 0.1) is 6.92 Å². The number of rotatable bonds is 5. The SMILES string of the molecule is Cc1ccc(NC(=O)CN2CCN(Cc3cc(=O)n4ccsc4n3)CC2)cc1Cl. The molecule has 9 heteroatoms. The van der Waals surface area contributed by atoms with Crippen molar-refractivity contribution in [3.05, 3.63) is 62.5 Å². The number of fused-ring (bicyclic) bond motifs is 1. The zero-order valence-corrected chi connectivity index (χ0v) is 17.7. The Balaban J connectivity index is 1.28. The summed E-state index contributed by atoms with van der Waals surface area (Å²) in [5.74, 6) is -0.0452. The predicted octanol–water partition coefficient (Wildman–Crippen LogP) is 2.47. The van der Waals surface area contributed by atoms with Crippen molar-refractivity contribution in [1.82, 2.24) is 19.2 Å². The summed E-state index contributed by atoms with van der Waals surface area (Å²) >= 11 is 7.57. The van der Waals surface area contributed by atoms with Crippen LogP contribution in [0.4, 0.5) is 5.69 Å². The highest BCUT2D eigenvalue weighted by molar-refractivity contribution is 7.15. The van der Waals surface area contributed by atoms with Crippen molar-refractivity contribution < 1.29 is 4.79 Å². The fourth-order valence-corrected chi connectivity index (χ4v) is 4.30. The number of thiazole rings is 1. The lowest BCUT2D eigenvalue weighted by Gasteiger charge is -2.34. The molecule has 0 bridgehead atoms. The lowest BCUT2D eigenvalue weighted by atomic mass is 10.2. The van der Waals surface area contributed by atoms with Crippen molar-refractivity contribution >= 4 is 39.5 Å². The summed E-state index contributed by atoms with van der Waals surface area (Å²) in [5.41, 5.74) is 2.44. The quantitative estimate of drug-likeness (QED) is 0.672. The maximum atomic E-state index is 12.3. The Morgan fingerprint density at radius 2 is 1.97 bits per heavy atom. The number of carbonyl (C=O) groups excluding carboxylic acids is 1. The number of carbonyl (C=O) groups is 1. The number of benzene rings is 1. The first-order valence-corrected chi connectivity index (χ1v) is 10.7. The normalized spacial score (nSPS) is 15.7. The standard InChI is InChI=1S/C20H22ClN5O2S/c1-14-2-3-15(10-17(14)21)22-18(27)13-25-6-4-24(5-7-25)12-16-11-19(28)26-8-9-29-20(26)23-16/h2-3,8-11H,4-7,12-13H2,1H3,(H,22,27). The van der Waals surface area contributed by atoms with Crippen molar-refractivity contribution in [3.8, 4) is 0 Å². The molecule has 1 N–H and O–H groups in total. The van der Waals surface area contributed by atoms with Crippen LogP contribution in [0.1, 0.15) is 11.3 Å². The Hall–Kier alpha value is -2.26. The Kier molecular flexibility index (Phi) is 5.96. The molecule has 0 saturated carbocycles. The molecule has 1 amide bonds. The number of aryl methyl sites for hydroxylation is 1. The summed E-state index contributed by atoms with van der Waals surface area (Å²) < 4.78 is 1.56. The number of piperazine rings is 1. The maximum Gasteiger partial charge on any atom is 0.258 e. The van der Waals surface area contributed by atoms with Gasteiger partial charge in [0.05, 0.1) is 12.2 Å². The molecular weight excluding hydrogens is 410 g/mol. The van der Waals surface area contributed by atoms with Crippen LogP contribution in [0.5, 0.6) is 0 Å². The smallest absolute Gasteiger partial charge is 0.258 e. The van der Waals surface area contributed by atoms with E-state index in [1.807, 2.05) is 24.4 Å². The van der Waals surface area contributed by atoms with E-state index in [-0.39, 0.29) is 11.5 Å². The van der Waals surface area contributed by atoms with E-state index in [9.17, 15) is 9.59 Å². The van der Waals surface area contributed by atoms with E-state index >= 15 is 0 Å². The first-order valence-electron chi connectivity index (χ1n) is 9.44. The zero-order valence-electron chi connectivity index (χ0n) is 16.1. The van der Waals surface area contributed by atoms with Gasteiger partial charge in [-0.3, -0.25) is 23.8 Å². The Bertz CT molecular complexity index is 1090. The highest BCUT2D eigenvalue weighted by atomic mass is 35.5. The monoisotopic (exact) mass is 431 g/mol. The molecule has 1 aromatic carbocycles. The molecule has 0 aliphatic carbocycles. The van der Waals surface area contributed by atoms with Gasteiger partial charge in [-0.05, 0) is 24.6 Å². The average molecular weight is 432 g/mol. The van der Waals surface area contributed by atoms with E-state index in [0.717, 1.165) is 42.4 Å². The second kappa shape index (κ2) is 8.62. The maximum absolute atomic E-state index is 12.3. The molecule has 1 aliphatic heterocycles. The molecule has 1 saturated heterocycles. The van der Waals surface area contributed by atoms with Crippen LogP contribution in [0.25, 0.3) is 4.96 Å². The van der Waals surface area contributed by atoms with Gasteiger partial charge in [0, 0.05) is 61.1 Å². The number of nitrogens with one attached hydrogen (secondary N) is 1. The molecule has 4 rings (SSSR count). The van der Waals surface area contributed by atoms with Gasteiger partial charge in [-0.25, -0.2) is 4.98 Å². The van der Waals surface area contributed by atoms with Crippen LogP contribution in [0.2, 0.25) is 5.02 Å². The van der Waals surface area contributed by atoms with Crippen LogP contribution in [-0.2, 0) is 11.3 Å². The summed E-state index contributed by atoms with van der Waals surface area (Å²) in [6.45, 7) is 6.17. The fraction of sp³-hybridized carbons (Fsp3) is 0.350. The summed E-state index contributed by atoms with van der Waals surface area (Å²) in [7, 11) is 0. The fourth-order valence-electron chi connectivity index (χ4n) is 3.38. The van der Waals surface area contributed by atoms with Crippen LogP contribution in [0.3, 0.4) is 0 Å². The number of nitrogens with zero attached hydrogens (tertiary/aromatic N) is 4. The minimum atomic E-state index is -0.0452. The van der Waals surface area contributed by atoms with Crippen molar-refractivity contribution in [1.29, 1.82) is 0 Å². The lowest BCUT2D eigenvalue weighted by Crippen LogP contribution is -2.48. The van der Waals surface area contributed by atoms with Gasteiger partial charge in [-0.15, -0.1) is 11.3 Å². The molecule has 1 aliphatic rings. The molecule has 0 radical (unpaired) electrons. The van der Waals surface area contributed by atoms with E-state index in [1.54, 1.807) is 22.7 Å². The van der Waals surface area contributed by atoms with E-state index in [2.05, 4.69) is 20.1 Å². The molecule has 7 nitrogen and oxygen atoms in total. The third-order valence-corrected chi connectivity index (χ3v) is 6.19. The van der Waals surface area contributed by atoms with E-state index in [1.165, 1.54) is 11.3 Å². The molecule has 29 heavy (non-hydrogen) atoms. The van der Waals surface area contributed by atoms with Crippen LogP contribution >= 0.6 is 22.9 Å². The van der Waals surface area contributed by atoms with Gasteiger partial charge < -0.3 is 5.32 Å². The number of anilines is 1. The lowest BCUT2D eigenvalue weighted by molar-refractivity contribution is -0.117. The number of hydrogen-bond donors (Lipinski definition) is 1. The van der Waals surface area contributed by atoms with Crippen LogP contribution in [0.15, 0.2) is 40.6 Å². The van der Waals surface area contributed by atoms with Gasteiger partial charge in [0.2, 0.25) is 5.91 Å². The summed E-state index contributed by atoms with van der Waals surface area (Å²) in [5, 5.41) is 5.41. The molecule has 2 aromatic heterocycles. The van der Waals surface area contributed by atoms with Gasteiger partial charge in [0.15, 0.2) is 4.96 Å². The molecule has 1 fully saturated rings. The van der Waals surface area contributed by atoms with E-state index < -0.39 is 0 Å². The van der Waals surface area contributed by atoms with E-state index in [0.29, 0.717) is 23.8 Å². The molecule has 0 spiro atoms.